The van der Waals surface area contributed by atoms with Crippen LogP contribution in [0.25, 0.3) is 11.6 Å². The predicted molar refractivity (Wildman–Crippen MR) is 86.6 cm³/mol. The van der Waals surface area contributed by atoms with E-state index >= 15 is 0 Å². The molecule has 2 fully saturated rings. The van der Waals surface area contributed by atoms with Gasteiger partial charge in [0.1, 0.15) is 6.04 Å². The van der Waals surface area contributed by atoms with Gasteiger partial charge in [-0.05, 0) is 31.4 Å². The summed E-state index contributed by atoms with van der Waals surface area (Å²) in [6, 6.07) is 3.22. The third-order valence-electron chi connectivity index (χ3n) is 4.46. The molecular weight excluding hydrogens is 326 g/mol. The van der Waals surface area contributed by atoms with Crippen LogP contribution in [0, 0.1) is 0 Å². The van der Waals surface area contributed by atoms with Crippen molar-refractivity contribution in [2.45, 2.75) is 44.3 Å². The second kappa shape index (κ2) is 6.23. The van der Waals surface area contributed by atoms with Crippen molar-refractivity contribution in [3.8, 4) is 11.6 Å². The summed E-state index contributed by atoms with van der Waals surface area (Å²) >= 11 is 0. The van der Waals surface area contributed by atoms with Gasteiger partial charge in [0.15, 0.2) is 5.76 Å². The number of furan rings is 1. The molecule has 0 spiro atoms. The Morgan fingerprint density at radius 3 is 2.84 bits per heavy atom. The SMILES string of the molecule is O=C1CCC(C(=O)NCCn2nc(-c3ccco3)n(C3CC3)c2=O)N1. The topological polar surface area (TPSA) is 111 Å². The molecular formula is C16H19N5O4. The van der Waals surface area contributed by atoms with Gasteiger partial charge in [0.2, 0.25) is 17.6 Å². The van der Waals surface area contributed by atoms with Crippen LogP contribution in [-0.2, 0) is 16.1 Å². The molecule has 9 nitrogen and oxygen atoms in total. The van der Waals surface area contributed by atoms with Gasteiger partial charge in [-0.3, -0.25) is 14.2 Å². The van der Waals surface area contributed by atoms with Crippen LogP contribution in [0.1, 0.15) is 31.7 Å². The molecule has 2 N–H and O–H groups in total. The molecule has 2 amide bonds. The second-order valence-electron chi connectivity index (χ2n) is 6.36. The first-order chi connectivity index (χ1) is 12.1. The van der Waals surface area contributed by atoms with Crippen molar-refractivity contribution in [3.63, 3.8) is 0 Å². The lowest BCUT2D eigenvalue weighted by Crippen LogP contribution is -2.43. The molecule has 2 aromatic rings. The highest BCUT2D eigenvalue weighted by Crippen LogP contribution is 2.36. The van der Waals surface area contributed by atoms with Crippen LogP contribution in [0.3, 0.4) is 0 Å². The molecule has 2 aromatic heterocycles. The van der Waals surface area contributed by atoms with E-state index < -0.39 is 6.04 Å². The number of hydrogen-bond donors (Lipinski definition) is 2. The van der Waals surface area contributed by atoms with Gasteiger partial charge in [0, 0.05) is 19.0 Å². The van der Waals surface area contributed by atoms with E-state index in [0.29, 0.717) is 24.4 Å². The maximum absolute atomic E-state index is 12.6. The van der Waals surface area contributed by atoms with Gasteiger partial charge in [-0.15, -0.1) is 5.10 Å². The Hall–Kier alpha value is -2.84. The Labute approximate surface area is 143 Å². The Kier molecular flexibility index (Phi) is 3.90. The molecule has 1 saturated heterocycles. The highest BCUT2D eigenvalue weighted by atomic mass is 16.3. The number of rotatable bonds is 6. The molecule has 0 aromatic carbocycles. The average Bonchev–Trinajstić information content (AvgIpc) is 3.00. The van der Waals surface area contributed by atoms with Crippen LogP contribution in [0.2, 0.25) is 0 Å². The molecule has 25 heavy (non-hydrogen) atoms. The molecule has 1 aliphatic carbocycles. The lowest BCUT2D eigenvalue weighted by atomic mass is 10.2. The number of nitrogens with zero attached hydrogens (tertiary/aromatic N) is 3. The molecule has 3 heterocycles. The van der Waals surface area contributed by atoms with Crippen molar-refractivity contribution in [3.05, 3.63) is 28.9 Å². The van der Waals surface area contributed by atoms with Gasteiger partial charge in [-0.25, -0.2) is 9.48 Å². The first-order valence-corrected chi connectivity index (χ1v) is 8.44. The van der Waals surface area contributed by atoms with Crippen LogP contribution < -0.4 is 16.3 Å². The van der Waals surface area contributed by atoms with Crippen LogP contribution >= 0.6 is 0 Å². The number of nitrogens with one attached hydrogen (secondary N) is 2. The van der Waals surface area contributed by atoms with Gasteiger partial charge in [-0.2, -0.15) is 0 Å². The normalized spacial score (nSPS) is 19.8. The lowest BCUT2D eigenvalue weighted by molar-refractivity contribution is -0.125. The van der Waals surface area contributed by atoms with Gasteiger partial charge >= 0.3 is 5.69 Å². The van der Waals surface area contributed by atoms with Crippen LogP contribution in [0.4, 0.5) is 0 Å². The molecule has 132 valence electrons. The molecule has 1 unspecified atom stereocenters. The minimum Gasteiger partial charge on any atom is -0.461 e. The fourth-order valence-corrected chi connectivity index (χ4v) is 3.02. The van der Waals surface area contributed by atoms with Gasteiger partial charge < -0.3 is 15.1 Å². The van der Waals surface area contributed by atoms with Crippen LogP contribution in [-0.4, -0.2) is 38.7 Å². The van der Waals surface area contributed by atoms with Crippen molar-refractivity contribution in [1.29, 1.82) is 0 Å². The highest BCUT2D eigenvalue weighted by Gasteiger charge is 2.31. The lowest BCUT2D eigenvalue weighted by Gasteiger charge is -2.10. The molecule has 2 aliphatic rings. The van der Waals surface area contributed by atoms with E-state index in [1.165, 1.54) is 4.68 Å². The summed E-state index contributed by atoms with van der Waals surface area (Å²) in [5.74, 6) is 0.738. The van der Waals surface area contributed by atoms with Crippen molar-refractivity contribution in [1.82, 2.24) is 25.0 Å². The highest BCUT2D eigenvalue weighted by molar-refractivity contribution is 5.90. The predicted octanol–water partition coefficient (Wildman–Crippen LogP) is 0.0345. The monoisotopic (exact) mass is 345 g/mol. The summed E-state index contributed by atoms with van der Waals surface area (Å²) < 4.78 is 8.40. The smallest absolute Gasteiger partial charge is 0.346 e. The third-order valence-corrected chi connectivity index (χ3v) is 4.46. The van der Waals surface area contributed by atoms with Crippen molar-refractivity contribution >= 4 is 11.8 Å². The summed E-state index contributed by atoms with van der Waals surface area (Å²) in [6.45, 7) is 0.531. The Morgan fingerprint density at radius 2 is 2.20 bits per heavy atom. The van der Waals surface area contributed by atoms with E-state index in [4.69, 9.17) is 4.42 Å². The van der Waals surface area contributed by atoms with Crippen molar-refractivity contribution < 1.29 is 14.0 Å². The molecule has 0 bridgehead atoms. The Bertz CT molecular complexity index is 847. The van der Waals surface area contributed by atoms with E-state index in [1.807, 2.05) is 0 Å². The summed E-state index contributed by atoms with van der Waals surface area (Å²) in [5.41, 5.74) is -0.197. The largest absolute Gasteiger partial charge is 0.461 e. The zero-order valence-electron chi connectivity index (χ0n) is 13.6. The molecule has 4 rings (SSSR count). The fourth-order valence-electron chi connectivity index (χ4n) is 3.02. The second-order valence-corrected chi connectivity index (χ2v) is 6.36. The van der Waals surface area contributed by atoms with Gasteiger partial charge in [-0.1, -0.05) is 0 Å². The quantitative estimate of drug-likeness (QED) is 0.767. The summed E-state index contributed by atoms with van der Waals surface area (Å²) in [4.78, 5) is 35.7. The number of hydrogen-bond acceptors (Lipinski definition) is 5. The Morgan fingerprint density at radius 1 is 1.36 bits per heavy atom. The van der Waals surface area contributed by atoms with Gasteiger partial charge in [0.25, 0.3) is 0 Å². The maximum atomic E-state index is 12.6. The zero-order valence-corrected chi connectivity index (χ0v) is 13.6. The van der Waals surface area contributed by atoms with E-state index in [0.717, 1.165) is 12.8 Å². The number of carbonyl (C=O) groups is 2. The number of carbonyl (C=O) groups excluding carboxylic acids is 2. The summed E-state index contributed by atoms with van der Waals surface area (Å²) in [5, 5.41) is 9.73. The van der Waals surface area contributed by atoms with E-state index in [1.54, 1.807) is 23.0 Å². The van der Waals surface area contributed by atoms with Crippen molar-refractivity contribution in [2.75, 3.05) is 6.54 Å². The number of aromatic nitrogens is 3. The number of amides is 2. The minimum absolute atomic E-state index is 0.109. The first-order valence-electron chi connectivity index (χ1n) is 8.44. The van der Waals surface area contributed by atoms with Crippen molar-refractivity contribution in [2.24, 2.45) is 0 Å². The van der Waals surface area contributed by atoms with Crippen LogP contribution in [0.5, 0.6) is 0 Å². The molecule has 1 aliphatic heterocycles. The summed E-state index contributed by atoms with van der Waals surface area (Å²) in [7, 11) is 0. The van der Waals surface area contributed by atoms with E-state index in [9.17, 15) is 14.4 Å². The average molecular weight is 345 g/mol. The zero-order chi connectivity index (χ0) is 17.4. The standard InChI is InChI=1S/C16H19N5O4/c22-13-6-5-11(18-13)15(23)17-7-8-20-16(24)21(10-3-4-10)14(19-20)12-2-1-9-25-12/h1-2,9-11H,3-8H2,(H,17,23)(H,18,22). The minimum atomic E-state index is -0.480. The maximum Gasteiger partial charge on any atom is 0.346 e. The molecule has 1 atom stereocenters. The molecule has 9 heteroatoms. The van der Waals surface area contributed by atoms with E-state index in [-0.39, 0.29) is 36.6 Å². The van der Waals surface area contributed by atoms with Crippen LogP contribution in [0.15, 0.2) is 27.6 Å². The third kappa shape index (κ3) is 3.09. The molecule has 1 saturated carbocycles. The summed E-state index contributed by atoms with van der Waals surface area (Å²) in [6.07, 6.45) is 4.33. The first kappa shape index (κ1) is 15.7. The fraction of sp³-hybridized carbons (Fsp3) is 0.500. The van der Waals surface area contributed by atoms with E-state index in [2.05, 4.69) is 15.7 Å². The van der Waals surface area contributed by atoms with Gasteiger partial charge in [0.05, 0.1) is 12.8 Å². The molecule has 0 radical (unpaired) electrons. The Balaban J connectivity index is 1.44.